The lowest BCUT2D eigenvalue weighted by Crippen LogP contribution is -2.20. The summed E-state index contributed by atoms with van der Waals surface area (Å²) in [5.41, 5.74) is 1.65. The van der Waals surface area contributed by atoms with E-state index in [1.54, 1.807) is 11.8 Å². The van der Waals surface area contributed by atoms with Gasteiger partial charge in [0.1, 0.15) is 6.54 Å². The number of carbonyl (C=O) groups is 1. The second-order valence-corrected chi connectivity index (χ2v) is 5.61. The highest BCUT2D eigenvalue weighted by molar-refractivity contribution is 7.98. The van der Waals surface area contributed by atoms with Gasteiger partial charge in [-0.15, -0.1) is 22.0 Å². The van der Waals surface area contributed by atoms with Crippen molar-refractivity contribution in [2.75, 3.05) is 11.6 Å². The number of thioether (sulfide) groups is 1. The van der Waals surface area contributed by atoms with Crippen molar-refractivity contribution in [3.05, 3.63) is 54.6 Å². The second kappa shape index (κ2) is 7.06. The molecule has 0 bridgehead atoms. The molecule has 0 radical (unpaired) electrons. The van der Waals surface area contributed by atoms with Crippen LogP contribution in [0.2, 0.25) is 0 Å². The molecule has 0 atom stereocenters. The van der Waals surface area contributed by atoms with E-state index in [0.717, 1.165) is 16.1 Å². The Morgan fingerprint density at radius 1 is 1.13 bits per heavy atom. The molecule has 2 aromatic carbocycles. The van der Waals surface area contributed by atoms with Gasteiger partial charge in [-0.2, -0.15) is 4.80 Å². The van der Waals surface area contributed by atoms with Gasteiger partial charge in [0, 0.05) is 10.5 Å². The van der Waals surface area contributed by atoms with Crippen LogP contribution in [0.4, 0.5) is 5.69 Å². The first-order valence-corrected chi connectivity index (χ1v) is 8.25. The number of para-hydroxylation sites is 1. The number of tetrazole rings is 1. The van der Waals surface area contributed by atoms with Crippen LogP contribution in [0.5, 0.6) is 0 Å². The summed E-state index contributed by atoms with van der Waals surface area (Å²) >= 11 is 1.58. The van der Waals surface area contributed by atoms with E-state index >= 15 is 0 Å². The summed E-state index contributed by atoms with van der Waals surface area (Å²) in [6.45, 7) is 0.0164. The first kappa shape index (κ1) is 15.2. The Hall–Kier alpha value is -2.67. The molecule has 1 heterocycles. The quantitative estimate of drug-likeness (QED) is 0.730. The third-order valence-corrected chi connectivity index (χ3v) is 3.95. The van der Waals surface area contributed by atoms with Crippen LogP contribution in [-0.4, -0.2) is 32.4 Å². The summed E-state index contributed by atoms with van der Waals surface area (Å²) in [4.78, 5) is 14.4. The topological polar surface area (TPSA) is 72.7 Å². The van der Waals surface area contributed by atoms with Crippen molar-refractivity contribution in [1.82, 2.24) is 20.2 Å². The number of hydrogen-bond donors (Lipinski definition) is 1. The Kier molecular flexibility index (Phi) is 4.68. The Bertz CT molecular complexity index is 803. The number of rotatable bonds is 5. The molecule has 0 unspecified atom stereocenters. The van der Waals surface area contributed by atoms with Gasteiger partial charge in [0.2, 0.25) is 11.7 Å². The first-order chi connectivity index (χ1) is 11.3. The van der Waals surface area contributed by atoms with Crippen LogP contribution in [0.1, 0.15) is 0 Å². The van der Waals surface area contributed by atoms with E-state index in [1.165, 1.54) is 4.80 Å². The molecule has 1 aromatic heterocycles. The lowest BCUT2D eigenvalue weighted by atomic mass is 10.2. The lowest BCUT2D eigenvalue weighted by Gasteiger charge is -2.08. The highest BCUT2D eigenvalue weighted by Crippen LogP contribution is 2.24. The molecule has 0 aliphatic rings. The second-order valence-electron chi connectivity index (χ2n) is 4.76. The van der Waals surface area contributed by atoms with Gasteiger partial charge in [0.25, 0.3) is 0 Å². The number of aromatic nitrogens is 4. The summed E-state index contributed by atoms with van der Waals surface area (Å²) in [6, 6.07) is 17.2. The van der Waals surface area contributed by atoms with Gasteiger partial charge in [-0.05, 0) is 23.6 Å². The minimum atomic E-state index is -0.191. The number of nitrogens with one attached hydrogen (secondary N) is 1. The summed E-state index contributed by atoms with van der Waals surface area (Å²) in [5.74, 6) is 0.312. The van der Waals surface area contributed by atoms with E-state index in [0.29, 0.717) is 5.82 Å². The molecule has 0 fully saturated rings. The summed E-state index contributed by atoms with van der Waals surface area (Å²) < 4.78 is 0. The van der Waals surface area contributed by atoms with Gasteiger partial charge in [0.15, 0.2) is 0 Å². The average Bonchev–Trinajstić information content (AvgIpc) is 3.04. The fourth-order valence-electron chi connectivity index (χ4n) is 2.08. The SMILES string of the molecule is CSc1ccccc1NC(=O)Cn1nnc(-c2ccccc2)n1. The van der Waals surface area contributed by atoms with Crippen molar-refractivity contribution in [1.29, 1.82) is 0 Å². The summed E-state index contributed by atoms with van der Waals surface area (Å²) in [5, 5.41) is 15.0. The molecule has 1 N–H and O–H groups in total. The smallest absolute Gasteiger partial charge is 0.248 e. The van der Waals surface area contributed by atoms with E-state index < -0.39 is 0 Å². The molecule has 116 valence electrons. The molecule has 0 saturated carbocycles. The van der Waals surface area contributed by atoms with Crippen LogP contribution < -0.4 is 5.32 Å². The van der Waals surface area contributed by atoms with Crippen molar-refractivity contribution < 1.29 is 4.79 Å². The Morgan fingerprint density at radius 2 is 1.87 bits per heavy atom. The van der Waals surface area contributed by atoms with Crippen molar-refractivity contribution in [2.45, 2.75) is 11.4 Å². The third kappa shape index (κ3) is 3.75. The number of benzene rings is 2. The minimum Gasteiger partial charge on any atom is -0.323 e. The summed E-state index contributed by atoms with van der Waals surface area (Å²) in [7, 11) is 0. The first-order valence-electron chi connectivity index (χ1n) is 7.02. The molecule has 3 rings (SSSR count). The van der Waals surface area contributed by atoms with E-state index in [-0.39, 0.29) is 12.5 Å². The predicted molar refractivity (Wildman–Crippen MR) is 90.1 cm³/mol. The number of carbonyl (C=O) groups excluding carboxylic acids is 1. The average molecular weight is 325 g/mol. The zero-order chi connectivity index (χ0) is 16.1. The van der Waals surface area contributed by atoms with Gasteiger partial charge in [0.05, 0.1) is 5.69 Å². The lowest BCUT2D eigenvalue weighted by molar-refractivity contribution is -0.117. The molecule has 0 aliphatic heterocycles. The maximum atomic E-state index is 12.1. The monoisotopic (exact) mass is 325 g/mol. The number of amides is 1. The van der Waals surface area contributed by atoms with Gasteiger partial charge in [-0.25, -0.2) is 0 Å². The maximum Gasteiger partial charge on any atom is 0.248 e. The summed E-state index contributed by atoms with van der Waals surface area (Å²) in [6.07, 6.45) is 1.97. The Labute approximate surface area is 137 Å². The largest absolute Gasteiger partial charge is 0.323 e. The molecule has 3 aromatic rings. The van der Waals surface area contributed by atoms with Gasteiger partial charge < -0.3 is 5.32 Å². The van der Waals surface area contributed by atoms with E-state index in [2.05, 4.69) is 20.7 Å². The van der Waals surface area contributed by atoms with Crippen LogP contribution >= 0.6 is 11.8 Å². The minimum absolute atomic E-state index is 0.0164. The van der Waals surface area contributed by atoms with Crippen LogP contribution in [0.25, 0.3) is 11.4 Å². The molecular weight excluding hydrogens is 310 g/mol. The van der Waals surface area contributed by atoms with Crippen LogP contribution in [0, 0.1) is 0 Å². The van der Waals surface area contributed by atoms with Crippen LogP contribution in [0.15, 0.2) is 59.5 Å². The van der Waals surface area contributed by atoms with E-state index in [9.17, 15) is 4.79 Å². The fraction of sp³-hybridized carbons (Fsp3) is 0.125. The van der Waals surface area contributed by atoms with Gasteiger partial charge in [-0.3, -0.25) is 4.79 Å². The van der Waals surface area contributed by atoms with Crippen molar-refractivity contribution >= 4 is 23.4 Å². The molecule has 23 heavy (non-hydrogen) atoms. The van der Waals surface area contributed by atoms with Crippen molar-refractivity contribution in [3.63, 3.8) is 0 Å². The normalized spacial score (nSPS) is 10.5. The fourth-order valence-corrected chi connectivity index (χ4v) is 2.63. The number of anilines is 1. The van der Waals surface area contributed by atoms with Gasteiger partial charge in [-0.1, -0.05) is 42.5 Å². The highest BCUT2D eigenvalue weighted by atomic mass is 32.2. The van der Waals surface area contributed by atoms with Crippen LogP contribution in [0.3, 0.4) is 0 Å². The molecule has 6 nitrogen and oxygen atoms in total. The predicted octanol–water partition coefficient (Wildman–Crippen LogP) is 2.70. The van der Waals surface area contributed by atoms with Crippen molar-refractivity contribution in [3.8, 4) is 11.4 Å². The van der Waals surface area contributed by atoms with E-state index in [4.69, 9.17) is 0 Å². The van der Waals surface area contributed by atoms with Crippen molar-refractivity contribution in [2.24, 2.45) is 0 Å². The molecular formula is C16H15N5OS. The Morgan fingerprint density at radius 3 is 2.65 bits per heavy atom. The number of nitrogens with zero attached hydrogens (tertiary/aromatic N) is 4. The Balaban J connectivity index is 1.68. The van der Waals surface area contributed by atoms with Gasteiger partial charge >= 0.3 is 0 Å². The highest BCUT2D eigenvalue weighted by Gasteiger charge is 2.10. The zero-order valence-electron chi connectivity index (χ0n) is 12.5. The van der Waals surface area contributed by atoms with E-state index in [1.807, 2.05) is 60.9 Å². The molecule has 0 saturated heterocycles. The standard InChI is InChI=1S/C16H15N5OS/c1-23-14-10-6-5-9-13(14)17-15(22)11-21-19-16(18-20-21)12-7-3-2-4-8-12/h2-10H,11H2,1H3,(H,17,22). The maximum absolute atomic E-state index is 12.1. The zero-order valence-corrected chi connectivity index (χ0v) is 13.3. The molecule has 0 aliphatic carbocycles. The van der Waals surface area contributed by atoms with Crippen LogP contribution in [-0.2, 0) is 11.3 Å². The third-order valence-electron chi connectivity index (χ3n) is 3.15. The number of hydrogen-bond acceptors (Lipinski definition) is 5. The molecule has 1 amide bonds. The molecule has 7 heteroatoms. The molecule has 0 spiro atoms.